The Kier molecular flexibility index (Phi) is 10.7. The summed E-state index contributed by atoms with van der Waals surface area (Å²) in [5.41, 5.74) is 15.5. The van der Waals surface area contributed by atoms with Gasteiger partial charge in [-0.1, -0.05) is 80.1 Å². The van der Waals surface area contributed by atoms with Gasteiger partial charge in [-0.3, -0.25) is 4.98 Å². The zero-order chi connectivity index (χ0) is 30.1. The molecule has 1 unspecified atom stereocenters. The van der Waals surface area contributed by atoms with E-state index in [0.29, 0.717) is 12.5 Å². The number of hydrogen-bond donors (Lipinski definition) is 2. The Balaban J connectivity index is 0.904. The van der Waals surface area contributed by atoms with E-state index in [0.717, 1.165) is 67.1 Å². The maximum atomic E-state index is 6.79. The van der Waals surface area contributed by atoms with Crippen LogP contribution in [-0.2, 0) is 25.9 Å². The van der Waals surface area contributed by atoms with Gasteiger partial charge in [0.2, 0.25) is 5.88 Å². The van der Waals surface area contributed by atoms with E-state index < -0.39 is 0 Å². The van der Waals surface area contributed by atoms with Crippen molar-refractivity contribution in [3.05, 3.63) is 93.8 Å². The quantitative estimate of drug-likeness (QED) is 0.139. The Bertz CT molecular complexity index is 1520. The number of benzene rings is 2. The average Bonchev–Trinajstić information content (AvgIpc) is 3.06. The van der Waals surface area contributed by atoms with Gasteiger partial charge in [-0.2, -0.15) is 0 Å². The monoisotopic (exact) mass is 610 g/mol. The predicted molar refractivity (Wildman–Crippen MR) is 183 cm³/mol. The molecule has 232 valence electrons. The summed E-state index contributed by atoms with van der Waals surface area (Å²) in [5, 5.41) is 5.77. The van der Waals surface area contributed by atoms with Gasteiger partial charge >= 0.3 is 0 Å². The molecule has 6 rings (SSSR count). The first-order chi connectivity index (χ1) is 21.7. The summed E-state index contributed by atoms with van der Waals surface area (Å²) in [6, 6.07) is 20.8. The molecule has 3 N–H and O–H groups in total. The Morgan fingerprint density at radius 1 is 0.841 bits per heavy atom. The number of fused-ring (bicyclic) bond motifs is 3. The highest BCUT2D eigenvalue weighted by molar-refractivity contribution is 6.31. The molecule has 2 aliphatic carbocycles. The molecule has 0 aliphatic heterocycles. The van der Waals surface area contributed by atoms with Crippen LogP contribution in [0, 0.1) is 0 Å². The van der Waals surface area contributed by atoms with Crippen LogP contribution in [0.25, 0.3) is 10.9 Å². The number of nitrogens with zero attached hydrogens (tertiary/aromatic N) is 2. The minimum atomic E-state index is 0.201. The fourth-order valence-corrected chi connectivity index (χ4v) is 7.33. The van der Waals surface area contributed by atoms with E-state index in [-0.39, 0.29) is 6.04 Å². The maximum absolute atomic E-state index is 6.79. The van der Waals surface area contributed by atoms with Gasteiger partial charge in [-0.25, -0.2) is 4.98 Å². The Labute approximate surface area is 268 Å². The number of unbranched alkanes of at least 4 members (excludes halogenated alkanes) is 5. The lowest BCUT2D eigenvalue weighted by Gasteiger charge is -2.30. The lowest BCUT2D eigenvalue weighted by atomic mass is 9.79. The van der Waals surface area contributed by atoms with Crippen LogP contribution in [0.15, 0.2) is 60.7 Å². The summed E-state index contributed by atoms with van der Waals surface area (Å²) in [6.45, 7) is 1.55. The van der Waals surface area contributed by atoms with Crippen molar-refractivity contribution in [3.8, 4) is 5.88 Å². The minimum absolute atomic E-state index is 0.201. The second kappa shape index (κ2) is 15.2. The van der Waals surface area contributed by atoms with Gasteiger partial charge in [0.15, 0.2) is 0 Å². The van der Waals surface area contributed by atoms with Gasteiger partial charge in [-0.15, -0.1) is 0 Å². The van der Waals surface area contributed by atoms with Crippen LogP contribution in [0.2, 0.25) is 5.02 Å². The van der Waals surface area contributed by atoms with Crippen LogP contribution < -0.4 is 15.8 Å². The molecule has 2 atom stereocenters. The molecule has 0 radical (unpaired) electrons. The fraction of sp³-hybridized carbons (Fsp3) is 0.474. The van der Waals surface area contributed by atoms with E-state index in [4.69, 9.17) is 32.0 Å². The third kappa shape index (κ3) is 7.73. The van der Waals surface area contributed by atoms with Crippen LogP contribution in [0.5, 0.6) is 5.88 Å². The number of nitrogens with two attached hydrogens (primary N) is 1. The normalized spacial score (nSPS) is 16.7. The molecular weight excluding hydrogens is 564 g/mol. The number of anilines is 1. The van der Waals surface area contributed by atoms with Gasteiger partial charge in [-0.05, 0) is 92.7 Å². The highest BCUT2D eigenvalue weighted by Crippen LogP contribution is 2.36. The minimum Gasteiger partial charge on any atom is -0.473 e. The van der Waals surface area contributed by atoms with Crippen LogP contribution in [-0.4, -0.2) is 22.6 Å². The highest BCUT2D eigenvalue weighted by atomic mass is 35.5. The largest absolute Gasteiger partial charge is 0.473 e. The van der Waals surface area contributed by atoms with E-state index in [1.54, 1.807) is 0 Å². The first-order valence-corrected chi connectivity index (χ1v) is 17.3. The second-order valence-electron chi connectivity index (χ2n) is 12.7. The van der Waals surface area contributed by atoms with Crippen molar-refractivity contribution in [2.24, 2.45) is 5.73 Å². The van der Waals surface area contributed by atoms with Gasteiger partial charge in [0.25, 0.3) is 0 Å². The molecule has 2 heterocycles. The molecular formula is C38H47ClN4O. The summed E-state index contributed by atoms with van der Waals surface area (Å²) in [5.74, 6) is 1.13. The van der Waals surface area contributed by atoms with E-state index >= 15 is 0 Å². The third-order valence-corrected chi connectivity index (χ3v) is 9.78. The molecule has 0 bridgehead atoms. The lowest BCUT2D eigenvalue weighted by molar-refractivity contribution is 0.291. The van der Waals surface area contributed by atoms with Crippen LogP contribution >= 0.6 is 11.6 Å². The summed E-state index contributed by atoms with van der Waals surface area (Å²) in [4.78, 5) is 9.83. The van der Waals surface area contributed by atoms with Gasteiger partial charge in [0.1, 0.15) is 6.61 Å². The van der Waals surface area contributed by atoms with Crippen LogP contribution in [0.3, 0.4) is 0 Å². The van der Waals surface area contributed by atoms with Crippen LogP contribution in [0.4, 0.5) is 5.69 Å². The molecule has 2 aromatic heterocycles. The molecule has 2 aliphatic rings. The van der Waals surface area contributed by atoms with E-state index in [2.05, 4.69) is 29.6 Å². The molecule has 0 amide bonds. The number of hydrogen-bond acceptors (Lipinski definition) is 5. The smallest absolute Gasteiger partial charge is 0.213 e. The molecule has 2 aromatic carbocycles. The van der Waals surface area contributed by atoms with Gasteiger partial charge in [0, 0.05) is 52.1 Å². The Hall–Kier alpha value is -3.15. The summed E-state index contributed by atoms with van der Waals surface area (Å²) >= 11 is 6.29. The van der Waals surface area contributed by atoms with Crippen molar-refractivity contribution in [2.45, 2.75) is 108 Å². The fourth-order valence-electron chi connectivity index (χ4n) is 7.16. The highest BCUT2D eigenvalue weighted by Gasteiger charge is 2.26. The predicted octanol–water partition coefficient (Wildman–Crippen LogP) is 9.33. The molecule has 6 heteroatoms. The molecule has 5 nitrogen and oxygen atoms in total. The van der Waals surface area contributed by atoms with E-state index in [9.17, 15) is 0 Å². The van der Waals surface area contributed by atoms with Crippen molar-refractivity contribution in [3.63, 3.8) is 0 Å². The number of halogens is 1. The number of nitrogens with one attached hydrogen (secondary N) is 1. The molecule has 0 fully saturated rings. The Morgan fingerprint density at radius 2 is 1.64 bits per heavy atom. The first-order valence-electron chi connectivity index (χ1n) is 16.9. The van der Waals surface area contributed by atoms with Crippen molar-refractivity contribution in [2.75, 3.05) is 11.9 Å². The molecule has 0 spiro atoms. The standard InChI is InChI=1S/C38H47ClN4O/c39-28-20-21-32-36(25-28)42-35-18-10-9-15-31(35)38(32)41-24-11-4-2-1-3-8-17-33(40)29-16-12-19-34-30(29)22-23-37(43-34)44-26-27-13-6-5-7-14-27/h5-7,13-14,20-23,25,29,33H,1-4,8-12,15-19,24,26,40H2,(H,41,42)/t29?,33-/m0/s1. The maximum Gasteiger partial charge on any atom is 0.213 e. The van der Waals surface area contributed by atoms with E-state index in [1.165, 1.54) is 85.0 Å². The van der Waals surface area contributed by atoms with Crippen LogP contribution in [0.1, 0.15) is 105 Å². The molecule has 0 saturated heterocycles. The lowest BCUT2D eigenvalue weighted by Crippen LogP contribution is -2.31. The molecule has 0 saturated carbocycles. The zero-order valence-corrected chi connectivity index (χ0v) is 26.8. The number of ether oxygens (including phenoxy) is 1. The summed E-state index contributed by atoms with van der Waals surface area (Å²) in [6.07, 6.45) is 16.6. The van der Waals surface area contributed by atoms with Gasteiger partial charge in [0.05, 0.1) is 5.52 Å². The summed E-state index contributed by atoms with van der Waals surface area (Å²) in [7, 11) is 0. The van der Waals surface area contributed by atoms with Crippen molar-refractivity contribution >= 4 is 28.2 Å². The number of pyridine rings is 2. The van der Waals surface area contributed by atoms with Crippen molar-refractivity contribution in [1.82, 2.24) is 9.97 Å². The zero-order valence-electron chi connectivity index (χ0n) is 26.0. The topological polar surface area (TPSA) is 73.1 Å². The average molecular weight is 611 g/mol. The summed E-state index contributed by atoms with van der Waals surface area (Å²) < 4.78 is 5.99. The van der Waals surface area contributed by atoms with Crippen molar-refractivity contribution in [1.29, 1.82) is 0 Å². The number of aryl methyl sites for hydroxylation is 2. The number of rotatable bonds is 14. The SMILES string of the molecule is N[C@@H](CCCCCCCCNc1c2c(nc3cc(Cl)ccc13)CCCC2)C1CCCc2nc(OCc3ccccc3)ccc21. The third-order valence-electron chi connectivity index (χ3n) is 9.55. The van der Waals surface area contributed by atoms with E-state index in [1.807, 2.05) is 36.4 Å². The number of aromatic nitrogens is 2. The van der Waals surface area contributed by atoms with Crippen molar-refractivity contribution < 1.29 is 4.74 Å². The molecule has 4 aromatic rings. The second-order valence-corrected chi connectivity index (χ2v) is 13.2. The first kappa shape index (κ1) is 30.9. The Morgan fingerprint density at radius 3 is 2.52 bits per heavy atom. The molecule has 44 heavy (non-hydrogen) atoms. The van der Waals surface area contributed by atoms with Gasteiger partial charge < -0.3 is 15.8 Å².